The highest BCUT2D eigenvalue weighted by Crippen LogP contribution is 2.55. The van der Waals surface area contributed by atoms with Crippen molar-refractivity contribution in [2.24, 2.45) is 0 Å². The van der Waals surface area contributed by atoms with Gasteiger partial charge in [-0.15, -0.1) is 0 Å². The molecule has 0 spiro atoms. The van der Waals surface area contributed by atoms with Crippen LogP contribution >= 0.6 is 18.0 Å². The highest BCUT2D eigenvalue weighted by Gasteiger charge is 2.15. The van der Waals surface area contributed by atoms with Gasteiger partial charge in [0.1, 0.15) is 11.3 Å². The first-order valence-electron chi connectivity index (χ1n) is 6.53. The van der Waals surface area contributed by atoms with Gasteiger partial charge in [-0.3, -0.25) is 4.57 Å². The molecule has 2 aromatic rings. The third-order valence-corrected chi connectivity index (χ3v) is 6.45. The van der Waals surface area contributed by atoms with Crippen LogP contribution in [0.15, 0.2) is 39.5 Å². The van der Waals surface area contributed by atoms with Crippen molar-refractivity contribution < 1.29 is 18.2 Å². The molecule has 1 atom stereocenters. The Morgan fingerprint density at radius 2 is 2.05 bits per heavy atom. The van der Waals surface area contributed by atoms with E-state index in [0.717, 1.165) is 5.39 Å². The second-order valence-electron chi connectivity index (χ2n) is 4.32. The molecule has 1 aromatic carbocycles. The first kappa shape index (κ1) is 16.1. The number of hydrogen-bond donors (Lipinski definition) is 0. The summed E-state index contributed by atoms with van der Waals surface area (Å²) in [6, 6.07) is 8.39. The molecule has 114 valence electrons. The lowest BCUT2D eigenvalue weighted by molar-refractivity contribution is 0.341. The van der Waals surface area contributed by atoms with Crippen LogP contribution in [0.4, 0.5) is 0 Å². The van der Waals surface area contributed by atoms with E-state index in [4.69, 9.17) is 13.7 Å². The second-order valence-corrected chi connectivity index (χ2v) is 9.56. The molecule has 0 fully saturated rings. The van der Waals surface area contributed by atoms with Gasteiger partial charge in [0, 0.05) is 29.9 Å². The fourth-order valence-electron chi connectivity index (χ4n) is 1.77. The average Bonchev–Trinajstić information content (AvgIpc) is 2.43. The Balaban J connectivity index is 1.92. The van der Waals surface area contributed by atoms with Gasteiger partial charge in [-0.25, -0.2) is 4.79 Å². The highest BCUT2D eigenvalue weighted by molar-refractivity contribution is 8.56. The molecule has 0 aliphatic carbocycles. The van der Waals surface area contributed by atoms with Crippen molar-refractivity contribution in [3.05, 3.63) is 40.8 Å². The van der Waals surface area contributed by atoms with Gasteiger partial charge >= 0.3 is 5.63 Å². The molecule has 5 nitrogen and oxygen atoms in total. The minimum absolute atomic E-state index is 0.390. The van der Waals surface area contributed by atoms with Crippen LogP contribution < -0.4 is 10.4 Å². The van der Waals surface area contributed by atoms with Crippen LogP contribution in [0.2, 0.25) is 0 Å². The predicted molar refractivity (Wildman–Crippen MR) is 85.6 cm³/mol. The summed E-state index contributed by atoms with van der Waals surface area (Å²) in [5.74, 6) is 1.17. The van der Waals surface area contributed by atoms with Crippen molar-refractivity contribution in [3.8, 4) is 5.75 Å². The van der Waals surface area contributed by atoms with Crippen LogP contribution in [0.3, 0.4) is 0 Å². The topological polar surface area (TPSA) is 65.7 Å². The molecule has 0 amide bonds. The van der Waals surface area contributed by atoms with Gasteiger partial charge in [-0.2, -0.15) is 0 Å². The van der Waals surface area contributed by atoms with E-state index < -0.39 is 6.57 Å². The molecule has 0 bridgehead atoms. The molecule has 0 aliphatic heterocycles. The van der Waals surface area contributed by atoms with Crippen LogP contribution in [-0.4, -0.2) is 25.6 Å². The van der Waals surface area contributed by atoms with E-state index in [1.165, 1.54) is 17.4 Å². The Kier molecular flexibility index (Phi) is 5.51. The summed E-state index contributed by atoms with van der Waals surface area (Å²) in [6.45, 7) is 1.67. The molecule has 1 aromatic heterocycles. The van der Waals surface area contributed by atoms with Crippen LogP contribution in [0, 0.1) is 0 Å². The third-order valence-electron chi connectivity index (χ3n) is 2.64. The Morgan fingerprint density at radius 1 is 1.29 bits per heavy atom. The van der Waals surface area contributed by atoms with Crippen molar-refractivity contribution in [1.29, 1.82) is 0 Å². The minimum atomic E-state index is -2.58. The molecule has 1 heterocycles. The molecule has 2 rings (SSSR count). The van der Waals surface area contributed by atoms with Crippen molar-refractivity contribution in [2.45, 2.75) is 6.92 Å². The Morgan fingerprint density at radius 3 is 2.81 bits per heavy atom. The number of rotatable bonds is 7. The number of hydrogen-bond acceptors (Lipinski definition) is 6. The Bertz CT molecular complexity index is 712. The Hall–Kier alpha value is -1.23. The summed E-state index contributed by atoms with van der Waals surface area (Å²) in [5, 5.41) is 0.839. The fraction of sp³-hybridized carbons (Fsp3) is 0.357. The zero-order valence-corrected chi connectivity index (χ0v) is 13.6. The van der Waals surface area contributed by atoms with Gasteiger partial charge in [0.15, 0.2) is 0 Å². The van der Waals surface area contributed by atoms with Crippen LogP contribution in [0.1, 0.15) is 6.92 Å². The van der Waals surface area contributed by atoms with Gasteiger partial charge < -0.3 is 13.7 Å². The summed E-state index contributed by atoms with van der Waals surface area (Å²) in [6.07, 6.45) is 0. The van der Waals surface area contributed by atoms with Crippen molar-refractivity contribution in [3.63, 3.8) is 0 Å². The smallest absolute Gasteiger partial charge is 0.336 e. The zero-order valence-electron chi connectivity index (χ0n) is 11.9. The standard InChI is InChI=1S/C14H17O5PS/c1-3-18-20(2,16)21-9-8-17-12-6-4-11-5-7-14(15)19-13(11)10-12/h4-7,10H,3,8-9H2,1-2H3. The predicted octanol–water partition coefficient (Wildman–Crippen LogP) is 3.76. The van der Waals surface area contributed by atoms with E-state index >= 15 is 0 Å². The lowest BCUT2D eigenvalue weighted by Crippen LogP contribution is -2.01. The van der Waals surface area contributed by atoms with Crippen LogP contribution in [0.25, 0.3) is 11.0 Å². The average molecular weight is 328 g/mol. The minimum Gasteiger partial charge on any atom is -0.493 e. The van der Waals surface area contributed by atoms with Gasteiger partial charge in [-0.05, 0) is 25.1 Å². The normalized spacial score (nSPS) is 14.0. The largest absolute Gasteiger partial charge is 0.493 e. The molecule has 0 saturated heterocycles. The summed E-state index contributed by atoms with van der Waals surface area (Å²) in [7, 11) is 0. The maximum absolute atomic E-state index is 11.9. The fourth-order valence-corrected chi connectivity index (χ4v) is 4.56. The monoisotopic (exact) mass is 328 g/mol. The van der Waals surface area contributed by atoms with Crippen molar-refractivity contribution >= 4 is 28.9 Å². The summed E-state index contributed by atoms with van der Waals surface area (Å²) in [5.41, 5.74) is 0.0990. The lowest BCUT2D eigenvalue weighted by Gasteiger charge is -2.12. The maximum atomic E-state index is 11.9. The molecule has 1 unspecified atom stereocenters. The number of benzene rings is 1. The summed E-state index contributed by atoms with van der Waals surface area (Å²) >= 11 is 1.26. The summed E-state index contributed by atoms with van der Waals surface area (Å²) < 4.78 is 27.7. The molecule has 0 saturated carbocycles. The third kappa shape index (κ3) is 4.92. The molecule has 21 heavy (non-hydrogen) atoms. The second kappa shape index (κ2) is 7.16. The molecular formula is C14H17O5PS. The molecule has 0 radical (unpaired) electrons. The molecule has 0 N–H and O–H groups in total. The maximum Gasteiger partial charge on any atom is 0.336 e. The van der Waals surface area contributed by atoms with Crippen molar-refractivity contribution in [1.82, 2.24) is 0 Å². The lowest BCUT2D eigenvalue weighted by atomic mass is 10.2. The van der Waals surface area contributed by atoms with E-state index in [9.17, 15) is 9.36 Å². The van der Waals surface area contributed by atoms with Gasteiger partial charge in [0.05, 0.1) is 13.2 Å². The van der Waals surface area contributed by atoms with Crippen LogP contribution in [0.5, 0.6) is 5.75 Å². The van der Waals surface area contributed by atoms with Crippen molar-refractivity contribution in [2.75, 3.05) is 25.6 Å². The summed E-state index contributed by atoms with van der Waals surface area (Å²) in [4.78, 5) is 11.2. The first-order chi connectivity index (χ1) is 10.00. The molecular weight excluding hydrogens is 311 g/mol. The highest BCUT2D eigenvalue weighted by atomic mass is 32.7. The first-order valence-corrected chi connectivity index (χ1v) is 10.2. The van der Waals surface area contributed by atoms with Gasteiger partial charge in [0.25, 0.3) is 6.57 Å². The van der Waals surface area contributed by atoms with E-state index in [2.05, 4.69) is 0 Å². The van der Waals surface area contributed by atoms with E-state index in [-0.39, 0.29) is 5.63 Å². The van der Waals surface area contributed by atoms with Gasteiger partial charge in [-0.1, -0.05) is 11.4 Å². The zero-order chi connectivity index (χ0) is 15.3. The van der Waals surface area contributed by atoms with E-state index in [1.807, 2.05) is 13.0 Å². The van der Waals surface area contributed by atoms with Gasteiger partial charge in [0.2, 0.25) is 0 Å². The van der Waals surface area contributed by atoms with E-state index in [1.54, 1.807) is 24.9 Å². The Labute approximate surface area is 126 Å². The number of ether oxygens (including phenoxy) is 1. The van der Waals surface area contributed by atoms with E-state index in [0.29, 0.717) is 30.3 Å². The van der Waals surface area contributed by atoms with Crippen LogP contribution in [-0.2, 0) is 9.09 Å². The SMILES string of the molecule is CCOP(C)(=O)SCCOc1ccc2ccc(=O)oc2c1. The molecule has 0 aliphatic rings. The quantitative estimate of drug-likeness (QED) is 0.438. The number of fused-ring (bicyclic) bond motifs is 1. The molecule has 7 heteroatoms.